The number of ketones is 1. The number of esters is 1. The summed E-state index contributed by atoms with van der Waals surface area (Å²) in [7, 11) is 0. The predicted octanol–water partition coefficient (Wildman–Crippen LogP) is 3.54. The molecular weight excluding hydrogens is 350 g/mol. The Morgan fingerprint density at radius 3 is 2.69 bits per heavy atom. The van der Waals surface area contributed by atoms with Gasteiger partial charge in [-0.2, -0.15) is 0 Å². The summed E-state index contributed by atoms with van der Waals surface area (Å²) < 4.78 is 5.08. The van der Waals surface area contributed by atoms with E-state index in [-0.39, 0.29) is 31.1 Å². The highest BCUT2D eigenvalue weighted by atomic mass is 32.1. The van der Waals surface area contributed by atoms with Gasteiger partial charge in [-0.3, -0.25) is 14.4 Å². The van der Waals surface area contributed by atoms with Gasteiger partial charge in [0, 0.05) is 23.5 Å². The average Bonchev–Trinajstić information content (AvgIpc) is 3.10. The van der Waals surface area contributed by atoms with E-state index >= 15 is 0 Å². The lowest BCUT2D eigenvalue weighted by atomic mass is 10.0. The summed E-state index contributed by atoms with van der Waals surface area (Å²) in [5.41, 5.74) is 2.03. The summed E-state index contributed by atoms with van der Waals surface area (Å²) in [5.74, 6) is -0.827. The van der Waals surface area contributed by atoms with Crippen molar-refractivity contribution < 1.29 is 19.1 Å². The van der Waals surface area contributed by atoms with Crippen LogP contribution in [0.25, 0.3) is 0 Å². The maximum absolute atomic E-state index is 12.4. The highest BCUT2D eigenvalue weighted by Gasteiger charge is 2.23. The average molecular weight is 371 g/mol. The smallest absolute Gasteiger partial charge is 0.306 e. The lowest BCUT2D eigenvalue weighted by molar-refractivity contribution is -0.147. The van der Waals surface area contributed by atoms with Gasteiger partial charge in [-0.15, -0.1) is 11.3 Å². The number of aryl methyl sites for hydroxylation is 2. The Morgan fingerprint density at radius 2 is 1.92 bits per heavy atom. The molecule has 5 nitrogen and oxygen atoms in total. The first-order valence-electron chi connectivity index (χ1n) is 8.68. The molecule has 0 saturated heterocycles. The molecule has 2 heterocycles. The molecule has 0 bridgehead atoms. The number of anilines is 1. The first-order valence-corrected chi connectivity index (χ1v) is 9.50. The van der Waals surface area contributed by atoms with Crippen molar-refractivity contribution in [2.24, 2.45) is 0 Å². The maximum atomic E-state index is 12.4. The van der Waals surface area contributed by atoms with Crippen LogP contribution in [-0.2, 0) is 20.7 Å². The number of Topliss-reactive ketones (excluding diaryl/α,β-unsaturated/α-hetero) is 1. The summed E-state index contributed by atoms with van der Waals surface area (Å²) in [5, 5.41) is 0. The summed E-state index contributed by atoms with van der Waals surface area (Å²) in [4.78, 5) is 39.7. The molecule has 1 amide bonds. The maximum Gasteiger partial charge on any atom is 0.306 e. The van der Waals surface area contributed by atoms with Crippen LogP contribution in [0.5, 0.6) is 0 Å². The number of amides is 1. The zero-order valence-corrected chi connectivity index (χ0v) is 15.5. The Labute approximate surface area is 156 Å². The monoisotopic (exact) mass is 371 g/mol. The molecule has 0 aliphatic carbocycles. The third-order valence-electron chi connectivity index (χ3n) is 4.34. The molecule has 6 heteroatoms. The Bertz CT molecular complexity index is 827. The van der Waals surface area contributed by atoms with Crippen molar-refractivity contribution in [1.82, 2.24) is 0 Å². The van der Waals surface area contributed by atoms with Gasteiger partial charge in [0.05, 0.1) is 11.3 Å². The molecule has 3 rings (SSSR count). The summed E-state index contributed by atoms with van der Waals surface area (Å²) in [6.45, 7) is 2.27. The highest BCUT2D eigenvalue weighted by molar-refractivity contribution is 7.14. The zero-order chi connectivity index (χ0) is 18.5. The third kappa shape index (κ3) is 4.38. The topological polar surface area (TPSA) is 63.7 Å². The number of thiophene rings is 1. The Hall–Kier alpha value is -2.47. The largest absolute Gasteiger partial charge is 0.456 e. The van der Waals surface area contributed by atoms with E-state index in [1.165, 1.54) is 11.3 Å². The molecule has 0 fully saturated rings. The number of hydrogen-bond acceptors (Lipinski definition) is 5. The first kappa shape index (κ1) is 18.3. The normalized spacial score (nSPS) is 13.2. The van der Waals surface area contributed by atoms with Gasteiger partial charge in [0.15, 0.2) is 12.4 Å². The molecule has 0 unspecified atom stereocenters. The van der Waals surface area contributed by atoms with Crippen LogP contribution in [0.3, 0.4) is 0 Å². The van der Waals surface area contributed by atoms with Crippen LogP contribution in [0.4, 0.5) is 5.69 Å². The molecule has 136 valence electrons. The fourth-order valence-electron chi connectivity index (χ4n) is 3.01. The molecule has 1 aromatic carbocycles. The van der Waals surface area contributed by atoms with Gasteiger partial charge >= 0.3 is 5.97 Å². The number of para-hydroxylation sites is 1. The number of ether oxygens (including phenoxy) is 1. The van der Waals surface area contributed by atoms with E-state index in [0.717, 1.165) is 29.0 Å². The van der Waals surface area contributed by atoms with E-state index in [1.807, 2.05) is 37.3 Å². The predicted molar refractivity (Wildman–Crippen MR) is 101 cm³/mol. The van der Waals surface area contributed by atoms with Crippen molar-refractivity contribution in [2.45, 2.75) is 32.6 Å². The van der Waals surface area contributed by atoms with E-state index in [9.17, 15) is 14.4 Å². The SMILES string of the molecule is Cc1ccc(C(=O)CCC(=O)OCC(=O)N2CCCc3ccccc32)s1. The fourth-order valence-corrected chi connectivity index (χ4v) is 3.84. The highest BCUT2D eigenvalue weighted by Crippen LogP contribution is 2.26. The van der Waals surface area contributed by atoms with Gasteiger partial charge in [0.25, 0.3) is 5.91 Å². The van der Waals surface area contributed by atoms with Gasteiger partial charge in [0.1, 0.15) is 0 Å². The molecule has 2 aromatic rings. The molecule has 0 atom stereocenters. The number of nitrogens with zero attached hydrogens (tertiary/aromatic N) is 1. The lowest BCUT2D eigenvalue weighted by Crippen LogP contribution is -2.38. The number of benzene rings is 1. The van der Waals surface area contributed by atoms with E-state index in [4.69, 9.17) is 4.74 Å². The standard InChI is InChI=1S/C20H21NO4S/c1-14-8-10-18(26-14)17(22)9-11-20(24)25-13-19(23)21-12-4-6-15-5-2-3-7-16(15)21/h2-3,5,7-8,10H,4,6,9,11-13H2,1H3. The van der Waals surface area contributed by atoms with Gasteiger partial charge in [-0.05, 0) is 43.5 Å². The van der Waals surface area contributed by atoms with Crippen molar-refractivity contribution in [2.75, 3.05) is 18.1 Å². The number of rotatable bonds is 6. The van der Waals surface area contributed by atoms with Crippen molar-refractivity contribution >= 4 is 34.7 Å². The lowest BCUT2D eigenvalue weighted by Gasteiger charge is -2.29. The molecule has 1 aliphatic heterocycles. The number of fused-ring (bicyclic) bond motifs is 1. The van der Waals surface area contributed by atoms with Crippen molar-refractivity contribution in [3.63, 3.8) is 0 Å². The molecule has 1 aromatic heterocycles. The van der Waals surface area contributed by atoms with Gasteiger partial charge in [-0.25, -0.2) is 0 Å². The summed E-state index contributed by atoms with van der Waals surface area (Å²) >= 11 is 1.42. The van der Waals surface area contributed by atoms with Crippen LogP contribution >= 0.6 is 11.3 Å². The number of carbonyl (C=O) groups excluding carboxylic acids is 3. The second-order valence-corrected chi connectivity index (χ2v) is 7.56. The second-order valence-electron chi connectivity index (χ2n) is 6.27. The Balaban J connectivity index is 1.47. The van der Waals surface area contributed by atoms with Crippen molar-refractivity contribution in [3.05, 3.63) is 51.7 Å². The summed E-state index contributed by atoms with van der Waals surface area (Å²) in [6, 6.07) is 11.4. The van der Waals surface area contributed by atoms with Crippen molar-refractivity contribution in [1.29, 1.82) is 0 Å². The van der Waals surface area contributed by atoms with Crippen LogP contribution < -0.4 is 4.90 Å². The van der Waals surface area contributed by atoms with Gasteiger partial charge < -0.3 is 9.64 Å². The third-order valence-corrected chi connectivity index (χ3v) is 5.38. The Kier molecular flexibility index (Phi) is 5.83. The van der Waals surface area contributed by atoms with Crippen LogP contribution in [-0.4, -0.2) is 30.8 Å². The van der Waals surface area contributed by atoms with E-state index in [1.54, 1.807) is 11.0 Å². The molecule has 1 aliphatic rings. The molecular formula is C20H21NO4S. The molecule has 0 radical (unpaired) electrons. The van der Waals surface area contributed by atoms with Crippen LogP contribution in [0.15, 0.2) is 36.4 Å². The van der Waals surface area contributed by atoms with Gasteiger partial charge in [0.2, 0.25) is 0 Å². The second kappa shape index (κ2) is 8.27. The minimum atomic E-state index is -0.523. The Morgan fingerprint density at radius 1 is 1.12 bits per heavy atom. The minimum absolute atomic E-state index is 0.0142. The van der Waals surface area contributed by atoms with Crippen LogP contribution in [0.1, 0.15) is 39.4 Å². The number of hydrogen-bond donors (Lipinski definition) is 0. The van der Waals surface area contributed by atoms with Crippen molar-refractivity contribution in [3.8, 4) is 0 Å². The number of carbonyl (C=O) groups is 3. The molecule has 0 saturated carbocycles. The molecule has 0 N–H and O–H groups in total. The first-order chi connectivity index (χ1) is 12.5. The quantitative estimate of drug-likeness (QED) is 0.575. The molecule has 26 heavy (non-hydrogen) atoms. The minimum Gasteiger partial charge on any atom is -0.456 e. The zero-order valence-electron chi connectivity index (χ0n) is 14.7. The molecule has 0 spiro atoms. The van der Waals surface area contributed by atoms with E-state index in [0.29, 0.717) is 11.4 Å². The van der Waals surface area contributed by atoms with E-state index in [2.05, 4.69) is 0 Å². The van der Waals surface area contributed by atoms with Crippen LogP contribution in [0.2, 0.25) is 0 Å². The van der Waals surface area contributed by atoms with E-state index < -0.39 is 5.97 Å². The fraction of sp³-hybridized carbons (Fsp3) is 0.350. The van der Waals surface area contributed by atoms with Crippen LogP contribution in [0, 0.1) is 6.92 Å². The summed E-state index contributed by atoms with van der Waals surface area (Å²) in [6.07, 6.45) is 1.93. The van der Waals surface area contributed by atoms with Gasteiger partial charge in [-0.1, -0.05) is 18.2 Å².